The van der Waals surface area contributed by atoms with E-state index in [9.17, 15) is 10.1 Å². The van der Waals surface area contributed by atoms with Crippen LogP contribution in [0, 0.1) is 24.0 Å². The van der Waals surface area contributed by atoms with E-state index in [0.29, 0.717) is 10.7 Å². The summed E-state index contributed by atoms with van der Waals surface area (Å²) in [5, 5.41) is 22.0. The fraction of sp³-hybridized carbons (Fsp3) is 0.0833. The first-order valence-electron chi connectivity index (χ1n) is 10.5. The lowest BCUT2D eigenvalue weighted by Crippen LogP contribution is -2.07. The molecule has 1 heterocycles. The highest BCUT2D eigenvalue weighted by molar-refractivity contribution is 6.30. The van der Waals surface area contributed by atoms with Crippen molar-refractivity contribution in [2.75, 3.05) is 16.1 Å². The molecule has 0 fully saturated rings. The molecule has 4 rings (SSSR count). The van der Waals surface area contributed by atoms with Crippen LogP contribution in [0.1, 0.15) is 16.7 Å². The number of anilines is 5. The smallest absolute Gasteiger partial charge is 0.269 e. The molecule has 0 aliphatic heterocycles. The van der Waals surface area contributed by atoms with Gasteiger partial charge in [-0.1, -0.05) is 29.8 Å². The number of benzene rings is 3. The average molecular weight is 489 g/mol. The van der Waals surface area contributed by atoms with Gasteiger partial charge >= 0.3 is 0 Å². The molecule has 3 N–H and O–H groups in total. The lowest BCUT2D eigenvalue weighted by molar-refractivity contribution is -0.384. The molecular formula is C24H21ClN8O2. The van der Waals surface area contributed by atoms with Crippen molar-refractivity contribution >= 4 is 52.7 Å². The molecule has 0 saturated carbocycles. The van der Waals surface area contributed by atoms with Crippen LogP contribution in [0.3, 0.4) is 0 Å². The van der Waals surface area contributed by atoms with E-state index in [1.807, 2.05) is 44.2 Å². The molecule has 0 radical (unpaired) electrons. The van der Waals surface area contributed by atoms with Crippen LogP contribution in [-0.2, 0) is 0 Å². The van der Waals surface area contributed by atoms with Crippen molar-refractivity contribution in [2.45, 2.75) is 13.8 Å². The van der Waals surface area contributed by atoms with Gasteiger partial charge in [0.05, 0.1) is 11.1 Å². The van der Waals surface area contributed by atoms with Crippen molar-refractivity contribution in [3.63, 3.8) is 0 Å². The Morgan fingerprint density at radius 1 is 0.829 bits per heavy atom. The number of nitro groups is 1. The summed E-state index contributed by atoms with van der Waals surface area (Å²) in [5.74, 6) is 0.710. The van der Waals surface area contributed by atoms with Crippen LogP contribution in [0.4, 0.5) is 34.9 Å². The van der Waals surface area contributed by atoms with Crippen LogP contribution in [0.5, 0.6) is 0 Å². The highest BCUT2D eigenvalue weighted by atomic mass is 35.5. The lowest BCUT2D eigenvalue weighted by Gasteiger charge is -2.11. The highest BCUT2D eigenvalue weighted by Gasteiger charge is 2.10. The Hall–Kier alpha value is -4.57. The third-order valence-electron chi connectivity index (χ3n) is 4.98. The van der Waals surface area contributed by atoms with Gasteiger partial charge in [0.15, 0.2) is 0 Å². The number of hydrogen-bond acceptors (Lipinski definition) is 9. The number of aryl methyl sites for hydroxylation is 2. The number of hydrogen-bond donors (Lipinski definition) is 3. The van der Waals surface area contributed by atoms with Gasteiger partial charge in [-0.05, 0) is 66.9 Å². The van der Waals surface area contributed by atoms with Gasteiger partial charge in [0.1, 0.15) is 0 Å². The Labute approximate surface area is 206 Å². The van der Waals surface area contributed by atoms with Gasteiger partial charge in [-0.15, -0.1) is 0 Å². The van der Waals surface area contributed by atoms with Gasteiger partial charge in [0.25, 0.3) is 5.69 Å². The van der Waals surface area contributed by atoms with Crippen LogP contribution in [0.25, 0.3) is 0 Å². The van der Waals surface area contributed by atoms with E-state index in [0.717, 1.165) is 16.8 Å². The van der Waals surface area contributed by atoms with E-state index < -0.39 is 4.92 Å². The third-order valence-corrected chi connectivity index (χ3v) is 5.23. The standard InChI is InChI=1S/C24H21ClN8O2/c1-15-3-8-20(13-16(15)2)28-23-29-22(27-19-9-11-21(12-10-19)33(34)35)30-24(31-23)32-26-14-17-4-6-18(25)7-5-17/h3-14H,1-2H3,(H3,27,28,29,30,31,32). The van der Waals surface area contributed by atoms with E-state index in [4.69, 9.17) is 11.6 Å². The Kier molecular flexibility index (Phi) is 7.12. The second-order valence-electron chi connectivity index (χ2n) is 7.58. The number of non-ortho nitro benzene ring substituents is 1. The fourth-order valence-electron chi connectivity index (χ4n) is 2.99. The third kappa shape index (κ3) is 6.49. The monoisotopic (exact) mass is 488 g/mol. The van der Waals surface area contributed by atoms with Gasteiger partial charge in [-0.3, -0.25) is 10.1 Å². The second-order valence-corrected chi connectivity index (χ2v) is 8.02. The zero-order valence-electron chi connectivity index (χ0n) is 18.9. The minimum Gasteiger partial charge on any atom is -0.324 e. The van der Waals surface area contributed by atoms with E-state index in [1.165, 1.54) is 17.7 Å². The molecule has 0 spiro atoms. The minimum absolute atomic E-state index is 0.0119. The Morgan fingerprint density at radius 3 is 2.06 bits per heavy atom. The molecule has 0 aliphatic rings. The Morgan fingerprint density at radius 2 is 1.43 bits per heavy atom. The summed E-state index contributed by atoms with van der Waals surface area (Å²) in [6.07, 6.45) is 1.61. The summed E-state index contributed by atoms with van der Waals surface area (Å²) in [4.78, 5) is 23.6. The number of aromatic nitrogens is 3. The summed E-state index contributed by atoms with van der Waals surface area (Å²) < 4.78 is 0. The number of nitro benzene ring substituents is 1. The first-order valence-corrected chi connectivity index (χ1v) is 10.9. The van der Waals surface area contributed by atoms with Crippen molar-refractivity contribution in [3.05, 3.63) is 98.6 Å². The minimum atomic E-state index is -0.459. The Balaban J connectivity index is 1.59. The van der Waals surface area contributed by atoms with Gasteiger partial charge in [0, 0.05) is 28.5 Å². The quantitative estimate of drug-likeness (QED) is 0.157. The molecule has 4 aromatic rings. The molecule has 0 aliphatic carbocycles. The SMILES string of the molecule is Cc1ccc(Nc2nc(NN=Cc3ccc(Cl)cc3)nc(Nc3ccc([N+](=O)[O-])cc3)n2)cc1C. The molecule has 0 bridgehead atoms. The van der Waals surface area contributed by atoms with E-state index >= 15 is 0 Å². The number of rotatable bonds is 8. The lowest BCUT2D eigenvalue weighted by atomic mass is 10.1. The summed E-state index contributed by atoms with van der Waals surface area (Å²) in [6, 6.07) is 19.1. The summed E-state index contributed by atoms with van der Waals surface area (Å²) in [6.45, 7) is 4.06. The van der Waals surface area contributed by atoms with Crippen molar-refractivity contribution < 1.29 is 4.92 Å². The predicted molar refractivity (Wildman–Crippen MR) is 138 cm³/mol. The van der Waals surface area contributed by atoms with Crippen LogP contribution in [0.2, 0.25) is 5.02 Å². The number of hydrazone groups is 1. The van der Waals surface area contributed by atoms with Crippen LogP contribution in [-0.4, -0.2) is 26.1 Å². The Bertz CT molecular complexity index is 1380. The zero-order valence-corrected chi connectivity index (χ0v) is 19.6. The molecule has 0 atom stereocenters. The van der Waals surface area contributed by atoms with Gasteiger partial charge < -0.3 is 10.6 Å². The molecule has 0 saturated heterocycles. The maximum Gasteiger partial charge on any atom is 0.269 e. The molecule has 35 heavy (non-hydrogen) atoms. The van der Waals surface area contributed by atoms with Crippen molar-refractivity contribution in [3.8, 4) is 0 Å². The van der Waals surface area contributed by atoms with E-state index in [2.05, 4.69) is 36.1 Å². The summed E-state index contributed by atoms with van der Waals surface area (Å²) >= 11 is 5.92. The van der Waals surface area contributed by atoms with Crippen molar-refractivity contribution in [2.24, 2.45) is 5.10 Å². The fourth-order valence-corrected chi connectivity index (χ4v) is 3.12. The van der Waals surface area contributed by atoms with Crippen molar-refractivity contribution in [1.82, 2.24) is 15.0 Å². The number of nitrogens with one attached hydrogen (secondary N) is 3. The van der Waals surface area contributed by atoms with Gasteiger partial charge in [-0.2, -0.15) is 20.1 Å². The molecule has 1 aromatic heterocycles. The highest BCUT2D eigenvalue weighted by Crippen LogP contribution is 2.22. The normalized spacial score (nSPS) is 10.8. The van der Waals surface area contributed by atoms with Gasteiger partial charge in [-0.25, -0.2) is 5.43 Å². The maximum atomic E-state index is 10.9. The molecule has 0 unspecified atom stereocenters. The molecular weight excluding hydrogens is 468 g/mol. The average Bonchev–Trinajstić information content (AvgIpc) is 2.83. The van der Waals surface area contributed by atoms with Crippen molar-refractivity contribution in [1.29, 1.82) is 0 Å². The maximum absolute atomic E-state index is 10.9. The number of nitrogens with zero attached hydrogens (tertiary/aromatic N) is 5. The summed E-state index contributed by atoms with van der Waals surface area (Å²) in [5.41, 5.74) is 7.33. The van der Waals surface area contributed by atoms with E-state index in [1.54, 1.807) is 30.5 Å². The summed E-state index contributed by atoms with van der Waals surface area (Å²) in [7, 11) is 0. The molecule has 10 nitrogen and oxygen atoms in total. The van der Waals surface area contributed by atoms with E-state index in [-0.39, 0.29) is 23.5 Å². The topological polar surface area (TPSA) is 130 Å². The number of halogens is 1. The largest absolute Gasteiger partial charge is 0.324 e. The second kappa shape index (κ2) is 10.6. The van der Waals surface area contributed by atoms with Crippen LogP contribution >= 0.6 is 11.6 Å². The first kappa shape index (κ1) is 23.6. The predicted octanol–water partition coefficient (Wildman–Crippen LogP) is 5.98. The molecule has 176 valence electrons. The first-order chi connectivity index (χ1) is 16.9. The van der Waals surface area contributed by atoms with Gasteiger partial charge in [0.2, 0.25) is 17.8 Å². The van der Waals surface area contributed by atoms with Crippen LogP contribution in [0.15, 0.2) is 71.8 Å². The van der Waals surface area contributed by atoms with Crippen LogP contribution < -0.4 is 16.1 Å². The molecule has 11 heteroatoms. The zero-order chi connectivity index (χ0) is 24.8. The molecule has 0 amide bonds. The molecule has 3 aromatic carbocycles.